The monoisotopic (exact) mass is 495 g/mol. The molecule has 0 aromatic heterocycles. The Labute approximate surface area is 206 Å². The first-order chi connectivity index (χ1) is 16.7. The van der Waals surface area contributed by atoms with Crippen LogP contribution < -0.4 is 9.62 Å². The number of rotatable bonds is 8. The van der Waals surface area contributed by atoms with Crippen LogP contribution in [-0.4, -0.2) is 32.7 Å². The fraction of sp³-hybridized carbons (Fsp3) is 0.296. The van der Waals surface area contributed by atoms with Crippen LogP contribution in [0.4, 0.5) is 10.1 Å². The Bertz CT molecular complexity index is 1320. The van der Waals surface area contributed by atoms with Gasteiger partial charge < -0.3 is 5.32 Å². The number of nitrogens with zero attached hydrogens (tertiary/aromatic N) is 2. The molecule has 0 aliphatic heterocycles. The topological polar surface area (TPSA) is 69.7 Å². The number of anilines is 1. The summed E-state index contributed by atoms with van der Waals surface area (Å²) in [6, 6.07) is 18.7. The lowest BCUT2D eigenvalue weighted by Crippen LogP contribution is -2.40. The highest BCUT2D eigenvalue weighted by Gasteiger charge is 2.27. The Hall–Kier alpha value is -3.23. The van der Waals surface area contributed by atoms with Crippen LogP contribution in [0.3, 0.4) is 0 Å². The zero-order valence-corrected chi connectivity index (χ0v) is 21.0. The molecule has 8 heteroatoms. The number of aryl methyl sites for hydroxylation is 2. The van der Waals surface area contributed by atoms with Crippen molar-refractivity contribution in [2.75, 3.05) is 18.4 Å². The summed E-state index contributed by atoms with van der Waals surface area (Å²) in [5, 5.41) is 3.03. The lowest BCUT2D eigenvalue weighted by atomic mass is 10.0. The van der Waals surface area contributed by atoms with Crippen molar-refractivity contribution in [1.82, 2.24) is 9.62 Å². The molecule has 0 saturated heterocycles. The molecule has 0 fully saturated rings. The first-order valence-electron chi connectivity index (χ1n) is 11.6. The molecule has 1 amide bonds. The number of amides is 1. The molecule has 1 aliphatic rings. The lowest BCUT2D eigenvalue weighted by molar-refractivity contribution is 0.0940. The number of benzene rings is 3. The molecule has 3 aromatic carbocycles. The third-order valence-electron chi connectivity index (χ3n) is 6.37. The minimum absolute atomic E-state index is 0.0359. The second kappa shape index (κ2) is 10.2. The van der Waals surface area contributed by atoms with Crippen LogP contribution in [0, 0.1) is 5.82 Å². The van der Waals surface area contributed by atoms with Crippen molar-refractivity contribution in [2.45, 2.75) is 38.8 Å². The fourth-order valence-electron chi connectivity index (χ4n) is 4.29. The molecule has 35 heavy (non-hydrogen) atoms. The molecule has 0 radical (unpaired) electrons. The van der Waals surface area contributed by atoms with Gasteiger partial charge in [0, 0.05) is 19.7 Å². The maximum atomic E-state index is 14.5. The van der Waals surface area contributed by atoms with E-state index in [1.54, 1.807) is 30.3 Å². The first-order valence-corrected chi connectivity index (χ1v) is 13.0. The Morgan fingerprint density at radius 1 is 1.00 bits per heavy atom. The van der Waals surface area contributed by atoms with Crippen LogP contribution in [0.15, 0.2) is 66.7 Å². The summed E-state index contributed by atoms with van der Waals surface area (Å²) < 4.78 is 42.3. The van der Waals surface area contributed by atoms with Gasteiger partial charge in [0.05, 0.1) is 18.3 Å². The molecule has 184 valence electrons. The molecule has 0 bridgehead atoms. The fourth-order valence-corrected chi connectivity index (χ4v) is 5.40. The van der Waals surface area contributed by atoms with Gasteiger partial charge in [-0.15, -0.1) is 0 Å². The third-order valence-corrected chi connectivity index (χ3v) is 8.18. The van der Waals surface area contributed by atoms with E-state index in [1.807, 2.05) is 6.92 Å². The van der Waals surface area contributed by atoms with Crippen LogP contribution >= 0.6 is 0 Å². The first kappa shape index (κ1) is 24.9. The molecule has 0 unspecified atom stereocenters. The quantitative estimate of drug-likeness (QED) is 0.496. The number of nitrogens with one attached hydrogen (secondary N) is 1. The van der Waals surface area contributed by atoms with E-state index >= 15 is 0 Å². The summed E-state index contributed by atoms with van der Waals surface area (Å²) in [6.45, 7) is 1.89. The van der Waals surface area contributed by atoms with Gasteiger partial charge in [-0.2, -0.15) is 12.7 Å². The van der Waals surface area contributed by atoms with Gasteiger partial charge in [-0.3, -0.25) is 9.10 Å². The summed E-state index contributed by atoms with van der Waals surface area (Å²) in [5.41, 5.74) is 4.89. The van der Waals surface area contributed by atoms with Gasteiger partial charge in [0.15, 0.2) is 0 Å². The summed E-state index contributed by atoms with van der Waals surface area (Å²) in [5.74, 6) is -0.842. The van der Waals surface area contributed by atoms with Crippen LogP contribution in [0.5, 0.6) is 0 Å². The number of fused-ring (bicyclic) bond motifs is 1. The van der Waals surface area contributed by atoms with E-state index in [-0.39, 0.29) is 24.2 Å². The van der Waals surface area contributed by atoms with E-state index in [2.05, 4.69) is 23.5 Å². The highest BCUT2D eigenvalue weighted by atomic mass is 32.2. The molecular formula is C27H30FN3O3S. The number of carbonyl (C=O) groups excluding carboxylic acids is 1. The summed E-state index contributed by atoms with van der Waals surface area (Å²) >= 11 is 0. The molecule has 1 aliphatic carbocycles. The van der Waals surface area contributed by atoms with Crippen LogP contribution in [0.2, 0.25) is 0 Å². The highest BCUT2D eigenvalue weighted by Crippen LogP contribution is 2.27. The zero-order valence-electron chi connectivity index (χ0n) is 20.2. The van der Waals surface area contributed by atoms with Crippen molar-refractivity contribution < 1.29 is 17.6 Å². The maximum Gasteiger partial charge on any atom is 0.303 e. The number of hydrogen-bond acceptors (Lipinski definition) is 3. The van der Waals surface area contributed by atoms with Crippen molar-refractivity contribution >= 4 is 21.8 Å². The Kier molecular flexibility index (Phi) is 7.23. The molecule has 1 N–H and O–H groups in total. The van der Waals surface area contributed by atoms with Crippen LogP contribution in [0.25, 0.3) is 0 Å². The van der Waals surface area contributed by atoms with Crippen molar-refractivity contribution in [3.8, 4) is 0 Å². The Morgan fingerprint density at radius 2 is 1.69 bits per heavy atom. The number of hydrogen-bond donors (Lipinski definition) is 1. The van der Waals surface area contributed by atoms with Gasteiger partial charge in [0.1, 0.15) is 5.82 Å². The van der Waals surface area contributed by atoms with Gasteiger partial charge in [-0.05, 0) is 72.7 Å². The van der Waals surface area contributed by atoms with Crippen molar-refractivity contribution in [1.29, 1.82) is 0 Å². The van der Waals surface area contributed by atoms with Crippen molar-refractivity contribution in [2.24, 2.45) is 0 Å². The number of halogens is 1. The molecule has 0 heterocycles. The number of para-hydroxylation sites is 1. The minimum Gasteiger partial charge on any atom is -0.346 e. The Morgan fingerprint density at radius 3 is 2.37 bits per heavy atom. The average molecular weight is 496 g/mol. The van der Waals surface area contributed by atoms with Gasteiger partial charge in [0.2, 0.25) is 0 Å². The van der Waals surface area contributed by atoms with E-state index < -0.39 is 16.0 Å². The normalized spacial score (nSPS) is 14.0. The van der Waals surface area contributed by atoms with E-state index in [4.69, 9.17) is 0 Å². The van der Waals surface area contributed by atoms with Crippen LogP contribution in [0.1, 0.15) is 52.0 Å². The van der Waals surface area contributed by atoms with Gasteiger partial charge >= 0.3 is 10.2 Å². The van der Waals surface area contributed by atoms with Crippen LogP contribution in [-0.2, 0) is 29.6 Å². The summed E-state index contributed by atoms with van der Waals surface area (Å²) in [6.07, 6.45) is 3.38. The smallest absolute Gasteiger partial charge is 0.303 e. The molecule has 0 spiro atoms. The average Bonchev–Trinajstić information content (AvgIpc) is 3.31. The SMILES string of the molecule is C[C@H](NC(=O)c1ccc(CN(c2ccccc2F)S(=O)(=O)N(C)C)cc1)c1ccc2c(c1)CCC2. The van der Waals surface area contributed by atoms with Gasteiger partial charge in [0.25, 0.3) is 5.91 Å². The summed E-state index contributed by atoms with van der Waals surface area (Å²) in [4.78, 5) is 12.8. The Balaban J connectivity index is 1.49. The second-order valence-corrected chi connectivity index (χ2v) is 11.1. The van der Waals surface area contributed by atoms with E-state index in [9.17, 15) is 17.6 Å². The second-order valence-electron chi connectivity index (χ2n) is 9.02. The van der Waals surface area contributed by atoms with E-state index in [1.165, 1.54) is 49.8 Å². The summed E-state index contributed by atoms with van der Waals surface area (Å²) in [7, 11) is -1.14. The lowest BCUT2D eigenvalue weighted by Gasteiger charge is -2.27. The van der Waals surface area contributed by atoms with E-state index in [0.29, 0.717) is 11.1 Å². The predicted molar refractivity (Wildman–Crippen MR) is 136 cm³/mol. The minimum atomic E-state index is -3.94. The predicted octanol–water partition coefficient (Wildman–Crippen LogP) is 4.62. The largest absolute Gasteiger partial charge is 0.346 e. The molecule has 0 saturated carbocycles. The number of carbonyl (C=O) groups is 1. The highest BCUT2D eigenvalue weighted by molar-refractivity contribution is 7.90. The van der Waals surface area contributed by atoms with Crippen molar-refractivity contribution in [3.05, 3.63) is 100 Å². The third kappa shape index (κ3) is 5.39. The van der Waals surface area contributed by atoms with Crippen molar-refractivity contribution in [3.63, 3.8) is 0 Å². The molecule has 3 aromatic rings. The molecular weight excluding hydrogens is 465 g/mol. The van der Waals surface area contributed by atoms with E-state index in [0.717, 1.165) is 27.0 Å². The van der Waals surface area contributed by atoms with Gasteiger partial charge in [-0.1, -0.05) is 42.5 Å². The zero-order chi connectivity index (χ0) is 25.2. The molecule has 4 rings (SSSR count). The standard InChI is InChI=1S/C27H30FN3O3S/c1-19(23-16-15-21-7-6-8-24(21)17-23)29-27(32)22-13-11-20(12-14-22)18-31(35(33,34)30(2)3)26-10-5-4-9-25(26)28/h4-5,9-17,19H,6-8,18H2,1-3H3,(H,29,32)/t19-/m0/s1. The molecule has 6 nitrogen and oxygen atoms in total. The van der Waals surface area contributed by atoms with Gasteiger partial charge in [-0.25, -0.2) is 4.39 Å². The molecule has 1 atom stereocenters. The maximum absolute atomic E-state index is 14.5.